The first-order valence-electron chi connectivity index (χ1n) is 6.19. The summed E-state index contributed by atoms with van der Waals surface area (Å²) in [6, 6.07) is 5.69. The molecule has 1 aliphatic heterocycles. The predicted octanol–water partition coefficient (Wildman–Crippen LogP) is 0.913. The molecule has 1 fully saturated rings. The smallest absolute Gasteiger partial charge is 0.266 e. The van der Waals surface area contributed by atoms with Gasteiger partial charge in [-0.05, 0) is 25.5 Å². The van der Waals surface area contributed by atoms with Gasteiger partial charge in [0.25, 0.3) is 10.0 Å². The van der Waals surface area contributed by atoms with Crippen molar-refractivity contribution in [1.29, 1.82) is 0 Å². The molecule has 0 unspecified atom stereocenters. The molecule has 19 heavy (non-hydrogen) atoms. The molecule has 1 aliphatic rings. The summed E-state index contributed by atoms with van der Waals surface area (Å²) in [5.41, 5.74) is 0.944. The van der Waals surface area contributed by atoms with Crippen molar-refractivity contribution in [2.45, 2.75) is 31.2 Å². The maximum Gasteiger partial charge on any atom is 0.266 e. The highest BCUT2D eigenvalue weighted by Crippen LogP contribution is 2.34. The van der Waals surface area contributed by atoms with Crippen molar-refractivity contribution in [1.82, 2.24) is 4.31 Å². The molecular formula is C13H17NO4S. The van der Waals surface area contributed by atoms with Crippen LogP contribution in [-0.4, -0.2) is 36.4 Å². The number of aliphatic hydroxyl groups excluding tert-OH is 1. The predicted molar refractivity (Wildman–Crippen MR) is 69.9 cm³/mol. The first kappa shape index (κ1) is 14.0. The molecule has 0 spiro atoms. The van der Waals surface area contributed by atoms with Gasteiger partial charge in [-0.1, -0.05) is 24.6 Å². The first-order valence-corrected chi connectivity index (χ1v) is 7.63. The summed E-state index contributed by atoms with van der Waals surface area (Å²) in [5.74, 6) is -0.827. The molecule has 2 atom stereocenters. The summed E-state index contributed by atoms with van der Waals surface area (Å²) in [6.45, 7) is 3.32. The van der Waals surface area contributed by atoms with Crippen LogP contribution < -0.4 is 0 Å². The van der Waals surface area contributed by atoms with Crippen LogP contribution in [0.5, 0.6) is 0 Å². The lowest BCUT2D eigenvalue weighted by atomic mass is 9.89. The third-order valence-electron chi connectivity index (χ3n) is 3.50. The van der Waals surface area contributed by atoms with Crippen LogP contribution in [0, 0.1) is 12.8 Å². The van der Waals surface area contributed by atoms with Gasteiger partial charge >= 0.3 is 0 Å². The van der Waals surface area contributed by atoms with Gasteiger partial charge in [-0.25, -0.2) is 12.7 Å². The Morgan fingerprint density at radius 2 is 1.84 bits per heavy atom. The maximum atomic E-state index is 12.4. The van der Waals surface area contributed by atoms with Gasteiger partial charge in [0.15, 0.2) is 0 Å². The molecule has 104 valence electrons. The molecular weight excluding hydrogens is 266 g/mol. The average Bonchev–Trinajstić information content (AvgIpc) is 2.36. The van der Waals surface area contributed by atoms with Crippen LogP contribution in [0.4, 0.5) is 0 Å². The summed E-state index contributed by atoms with van der Waals surface area (Å²) in [7, 11) is -3.85. The quantitative estimate of drug-likeness (QED) is 0.834. The van der Waals surface area contributed by atoms with Crippen molar-refractivity contribution in [3.63, 3.8) is 0 Å². The van der Waals surface area contributed by atoms with Gasteiger partial charge in [0.2, 0.25) is 5.91 Å². The third-order valence-corrected chi connectivity index (χ3v) is 5.34. The Labute approximate surface area is 112 Å². The monoisotopic (exact) mass is 283 g/mol. The van der Waals surface area contributed by atoms with E-state index in [-0.39, 0.29) is 11.5 Å². The number of hydrogen-bond acceptors (Lipinski definition) is 4. The van der Waals surface area contributed by atoms with Crippen LogP contribution in [0.25, 0.3) is 0 Å². The molecule has 1 aromatic rings. The van der Waals surface area contributed by atoms with E-state index < -0.39 is 27.9 Å². The molecule has 1 saturated heterocycles. The second-order valence-corrected chi connectivity index (χ2v) is 6.53. The van der Waals surface area contributed by atoms with Crippen LogP contribution in [0.1, 0.15) is 18.9 Å². The number of amides is 1. The standard InChI is InChI=1S/C13H17NO4S/c1-3-11-12(8-15)14(13(11)16)19(17,18)10-6-4-9(2)5-7-10/h4-7,11-12,15H,3,8H2,1-2H3/t11-,12+/m1/s1. The number of sulfonamides is 1. The second kappa shape index (κ2) is 4.94. The number of carbonyl (C=O) groups excluding carboxylic acids is 1. The van der Waals surface area contributed by atoms with E-state index in [0.29, 0.717) is 6.42 Å². The molecule has 0 aliphatic carbocycles. The van der Waals surface area contributed by atoms with Crippen LogP contribution in [0.15, 0.2) is 29.2 Å². The van der Waals surface area contributed by atoms with Crippen LogP contribution in [-0.2, 0) is 14.8 Å². The maximum absolute atomic E-state index is 12.4. The molecule has 5 nitrogen and oxygen atoms in total. The summed E-state index contributed by atoms with van der Waals surface area (Å²) in [4.78, 5) is 12.0. The Balaban J connectivity index is 2.35. The minimum Gasteiger partial charge on any atom is -0.394 e. The minimum atomic E-state index is -3.85. The zero-order chi connectivity index (χ0) is 14.2. The highest BCUT2D eigenvalue weighted by Gasteiger charge is 2.52. The van der Waals surface area contributed by atoms with Crippen molar-refractivity contribution < 1.29 is 18.3 Å². The number of aryl methyl sites for hydroxylation is 1. The lowest BCUT2D eigenvalue weighted by Crippen LogP contribution is -2.64. The van der Waals surface area contributed by atoms with Gasteiger partial charge in [0.1, 0.15) is 0 Å². The number of benzene rings is 1. The number of rotatable bonds is 4. The molecule has 1 heterocycles. The van der Waals surface area contributed by atoms with E-state index in [0.717, 1.165) is 9.87 Å². The number of hydrogen-bond donors (Lipinski definition) is 1. The van der Waals surface area contributed by atoms with Gasteiger partial charge < -0.3 is 5.11 Å². The number of nitrogens with zero attached hydrogens (tertiary/aromatic N) is 1. The molecule has 0 aromatic heterocycles. The van der Waals surface area contributed by atoms with Gasteiger partial charge in [0, 0.05) is 0 Å². The highest BCUT2D eigenvalue weighted by molar-refractivity contribution is 7.89. The molecule has 6 heteroatoms. The fourth-order valence-corrected chi connectivity index (χ4v) is 3.99. The summed E-state index contributed by atoms with van der Waals surface area (Å²) >= 11 is 0. The Bertz CT molecular complexity index is 579. The van der Waals surface area contributed by atoms with Crippen molar-refractivity contribution in [3.05, 3.63) is 29.8 Å². The molecule has 1 aromatic carbocycles. The largest absolute Gasteiger partial charge is 0.394 e. The zero-order valence-electron chi connectivity index (χ0n) is 10.9. The Morgan fingerprint density at radius 3 is 2.32 bits per heavy atom. The topological polar surface area (TPSA) is 74.7 Å². The summed E-state index contributed by atoms with van der Waals surface area (Å²) in [6.07, 6.45) is 0.532. The molecule has 0 radical (unpaired) electrons. The highest BCUT2D eigenvalue weighted by atomic mass is 32.2. The Kier molecular flexibility index (Phi) is 3.64. The number of aliphatic hydroxyl groups is 1. The zero-order valence-corrected chi connectivity index (χ0v) is 11.7. The summed E-state index contributed by atoms with van der Waals surface area (Å²) < 4.78 is 25.5. The molecule has 0 saturated carbocycles. The minimum absolute atomic E-state index is 0.0828. The van der Waals surface area contributed by atoms with Crippen molar-refractivity contribution >= 4 is 15.9 Å². The van der Waals surface area contributed by atoms with E-state index in [4.69, 9.17) is 0 Å². The molecule has 1 N–H and O–H groups in total. The van der Waals surface area contributed by atoms with Gasteiger partial charge in [0.05, 0.1) is 23.5 Å². The van der Waals surface area contributed by atoms with E-state index in [1.165, 1.54) is 12.1 Å². The lowest BCUT2D eigenvalue weighted by Gasteiger charge is -2.44. The fraction of sp³-hybridized carbons (Fsp3) is 0.462. The van der Waals surface area contributed by atoms with E-state index >= 15 is 0 Å². The Morgan fingerprint density at radius 1 is 1.26 bits per heavy atom. The van der Waals surface area contributed by atoms with Crippen molar-refractivity contribution in [3.8, 4) is 0 Å². The third kappa shape index (κ3) is 2.15. The fourth-order valence-electron chi connectivity index (χ4n) is 2.34. The summed E-state index contributed by atoms with van der Waals surface area (Å²) in [5, 5.41) is 9.27. The molecule has 0 bridgehead atoms. The SMILES string of the molecule is CC[C@H]1C(=O)N(S(=O)(=O)c2ccc(C)cc2)[C@H]1CO. The molecule has 1 amide bonds. The van der Waals surface area contributed by atoms with E-state index in [1.807, 2.05) is 6.92 Å². The van der Waals surface area contributed by atoms with Crippen LogP contribution >= 0.6 is 0 Å². The average molecular weight is 283 g/mol. The molecule has 2 rings (SSSR count). The van der Waals surface area contributed by atoms with Gasteiger partial charge in [-0.3, -0.25) is 4.79 Å². The Hall–Kier alpha value is -1.40. The number of carbonyl (C=O) groups is 1. The normalized spacial score (nSPS) is 23.3. The van der Waals surface area contributed by atoms with Gasteiger partial charge in [-0.15, -0.1) is 0 Å². The van der Waals surface area contributed by atoms with E-state index in [9.17, 15) is 18.3 Å². The van der Waals surface area contributed by atoms with Crippen LogP contribution in [0.3, 0.4) is 0 Å². The second-order valence-electron chi connectivity index (χ2n) is 4.72. The van der Waals surface area contributed by atoms with Crippen molar-refractivity contribution in [2.24, 2.45) is 5.92 Å². The van der Waals surface area contributed by atoms with E-state index in [2.05, 4.69) is 0 Å². The van der Waals surface area contributed by atoms with Crippen LogP contribution in [0.2, 0.25) is 0 Å². The van der Waals surface area contributed by atoms with Gasteiger partial charge in [-0.2, -0.15) is 0 Å². The lowest BCUT2D eigenvalue weighted by molar-refractivity contribution is -0.148. The van der Waals surface area contributed by atoms with E-state index in [1.54, 1.807) is 19.1 Å². The first-order chi connectivity index (χ1) is 8.93. The number of β-lactam (4-membered cyclic amide) rings is 1. The van der Waals surface area contributed by atoms with Crippen molar-refractivity contribution in [2.75, 3.05) is 6.61 Å².